The van der Waals surface area contributed by atoms with Crippen LogP contribution in [0.5, 0.6) is 5.75 Å². The smallest absolute Gasteiger partial charge is 0.323 e. The van der Waals surface area contributed by atoms with Crippen molar-refractivity contribution in [3.8, 4) is 5.75 Å². The van der Waals surface area contributed by atoms with Gasteiger partial charge < -0.3 is 14.7 Å². The minimum Gasteiger partial charge on any atom is -0.497 e. The number of benzene rings is 2. The van der Waals surface area contributed by atoms with Crippen molar-refractivity contribution >= 4 is 27.6 Å². The predicted molar refractivity (Wildman–Crippen MR) is 85.8 cm³/mol. The Bertz CT molecular complexity index is 616. The highest BCUT2D eigenvalue weighted by atomic mass is 79.9. The van der Waals surface area contributed by atoms with E-state index >= 15 is 0 Å². The molecule has 5 heteroatoms. The van der Waals surface area contributed by atoms with E-state index in [4.69, 9.17) is 9.84 Å². The maximum Gasteiger partial charge on any atom is 0.323 e. The highest BCUT2D eigenvalue weighted by Crippen LogP contribution is 2.25. The van der Waals surface area contributed by atoms with Crippen molar-refractivity contribution < 1.29 is 14.6 Å². The number of rotatable bonds is 6. The van der Waals surface area contributed by atoms with E-state index in [1.165, 1.54) is 0 Å². The van der Waals surface area contributed by atoms with Crippen LogP contribution >= 0.6 is 15.9 Å². The molecule has 4 nitrogen and oxygen atoms in total. The second-order valence-electron chi connectivity index (χ2n) is 4.54. The zero-order chi connectivity index (χ0) is 15.2. The zero-order valence-corrected chi connectivity index (χ0v) is 13.2. The number of ether oxygens (including phenoxy) is 1. The molecule has 110 valence electrons. The minimum atomic E-state index is -0.863. The summed E-state index contributed by atoms with van der Waals surface area (Å²) in [6.45, 7) is 0.418. The van der Waals surface area contributed by atoms with Gasteiger partial charge in [-0.3, -0.25) is 4.79 Å². The first-order chi connectivity index (χ1) is 10.1. The number of carboxylic acids is 1. The third kappa shape index (κ3) is 4.23. The molecule has 0 unspecified atom stereocenters. The van der Waals surface area contributed by atoms with Crippen LogP contribution in [0.3, 0.4) is 0 Å². The van der Waals surface area contributed by atoms with Gasteiger partial charge in [0.15, 0.2) is 0 Å². The quantitative estimate of drug-likeness (QED) is 0.866. The molecule has 2 aromatic carbocycles. The van der Waals surface area contributed by atoms with Crippen LogP contribution in [-0.4, -0.2) is 24.7 Å². The predicted octanol–water partition coefficient (Wildman–Crippen LogP) is 3.55. The van der Waals surface area contributed by atoms with Crippen molar-refractivity contribution in [2.75, 3.05) is 18.6 Å². The first kappa shape index (κ1) is 15.4. The van der Waals surface area contributed by atoms with Crippen LogP contribution < -0.4 is 9.64 Å². The Balaban J connectivity index is 2.29. The summed E-state index contributed by atoms with van der Waals surface area (Å²) in [6, 6.07) is 15.2. The molecular weight excluding hydrogens is 334 g/mol. The fraction of sp³-hybridized carbons (Fsp3) is 0.188. The monoisotopic (exact) mass is 349 g/mol. The molecule has 2 aromatic rings. The lowest BCUT2D eigenvalue weighted by atomic mass is 10.2. The van der Waals surface area contributed by atoms with Crippen LogP contribution in [0, 0.1) is 0 Å². The average molecular weight is 350 g/mol. The van der Waals surface area contributed by atoms with E-state index in [0.717, 1.165) is 21.5 Å². The van der Waals surface area contributed by atoms with Gasteiger partial charge in [0.1, 0.15) is 12.3 Å². The van der Waals surface area contributed by atoms with Crippen LogP contribution in [-0.2, 0) is 11.3 Å². The summed E-state index contributed by atoms with van der Waals surface area (Å²) in [5, 5.41) is 9.12. The first-order valence-electron chi connectivity index (χ1n) is 6.44. The number of carbonyl (C=O) groups is 1. The van der Waals surface area contributed by atoms with Crippen LogP contribution in [0.2, 0.25) is 0 Å². The molecule has 0 fully saturated rings. The lowest BCUT2D eigenvalue weighted by molar-refractivity contribution is -0.135. The third-order valence-electron chi connectivity index (χ3n) is 3.06. The van der Waals surface area contributed by atoms with Gasteiger partial charge >= 0.3 is 5.97 Å². The Morgan fingerprint density at radius 1 is 1.24 bits per heavy atom. The molecule has 2 rings (SSSR count). The fourth-order valence-corrected chi connectivity index (χ4v) is 2.42. The first-order valence-corrected chi connectivity index (χ1v) is 7.23. The van der Waals surface area contributed by atoms with Crippen LogP contribution in [0.1, 0.15) is 5.56 Å². The van der Waals surface area contributed by atoms with Gasteiger partial charge in [-0.25, -0.2) is 0 Å². The van der Waals surface area contributed by atoms with Crippen LogP contribution in [0.4, 0.5) is 5.69 Å². The molecule has 0 aliphatic carbocycles. The summed E-state index contributed by atoms with van der Waals surface area (Å²) in [7, 11) is 1.61. The van der Waals surface area contributed by atoms with Gasteiger partial charge in [-0.1, -0.05) is 34.1 Å². The Morgan fingerprint density at radius 3 is 2.57 bits per heavy atom. The molecule has 0 aromatic heterocycles. The van der Waals surface area contributed by atoms with Crippen molar-refractivity contribution in [1.82, 2.24) is 0 Å². The van der Waals surface area contributed by atoms with Gasteiger partial charge in [-0.15, -0.1) is 0 Å². The van der Waals surface area contributed by atoms with Crippen LogP contribution in [0.15, 0.2) is 53.0 Å². The van der Waals surface area contributed by atoms with Gasteiger partial charge in [-0.05, 0) is 35.9 Å². The minimum absolute atomic E-state index is 0.0618. The van der Waals surface area contributed by atoms with Gasteiger partial charge in [0, 0.05) is 16.7 Å². The molecule has 0 heterocycles. The Labute approximate surface area is 132 Å². The highest BCUT2D eigenvalue weighted by Gasteiger charge is 2.13. The van der Waals surface area contributed by atoms with Crippen molar-refractivity contribution in [2.45, 2.75) is 6.54 Å². The molecule has 0 aliphatic rings. The lowest BCUT2D eigenvalue weighted by Gasteiger charge is -2.23. The standard InChI is InChI=1S/C16H16BrNO3/c1-21-14-7-8-15(17)12(9-14)10-18(11-16(19)20)13-5-3-2-4-6-13/h2-9H,10-11H2,1H3,(H,19,20). The van der Waals surface area contributed by atoms with Crippen molar-refractivity contribution in [3.05, 3.63) is 58.6 Å². The van der Waals surface area contributed by atoms with E-state index in [2.05, 4.69) is 15.9 Å². The summed E-state index contributed by atoms with van der Waals surface area (Å²) in [5.74, 6) is -0.116. The number of hydrogen-bond donors (Lipinski definition) is 1. The maximum absolute atomic E-state index is 11.1. The number of anilines is 1. The molecule has 0 radical (unpaired) electrons. The van der Waals surface area contributed by atoms with Crippen LogP contribution in [0.25, 0.3) is 0 Å². The Hall–Kier alpha value is -2.01. The Kier molecular flexibility index (Phi) is 5.22. The fourth-order valence-electron chi connectivity index (χ4n) is 2.05. The lowest BCUT2D eigenvalue weighted by Crippen LogP contribution is -2.29. The number of halogens is 1. The number of carboxylic acid groups (broad SMARTS) is 1. The number of methoxy groups -OCH3 is 1. The van der Waals surface area contributed by atoms with Gasteiger partial charge in [0.2, 0.25) is 0 Å². The van der Waals surface area contributed by atoms with E-state index in [1.807, 2.05) is 53.4 Å². The second-order valence-corrected chi connectivity index (χ2v) is 5.40. The molecule has 0 saturated carbocycles. The average Bonchev–Trinajstić information content (AvgIpc) is 2.49. The number of nitrogens with zero attached hydrogens (tertiary/aromatic N) is 1. The molecule has 0 atom stereocenters. The van der Waals surface area contributed by atoms with E-state index < -0.39 is 5.97 Å². The summed E-state index contributed by atoms with van der Waals surface area (Å²) in [4.78, 5) is 12.9. The molecule has 0 bridgehead atoms. The van der Waals surface area contributed by atoms with Crippen molar-refractivity contribution in [2.24, 2.45) is 0 Å². The topological polar surface area (TPSA) is 49.8 Å². The molecule has 0 saturated heterocycles. The molecule has 0 spiro atoms. The van der Waals surface area contributed by atoms with E-state index in [-0.39, 0.29) is 6.54 Å². The SMILES string of the molecule is COc1ccc(Br)c(CN(CC(=O)O)c2ccccc2)c1. The van der Waals surface area contributed by atoms with E-state index in [1.54, 1.807) is 7.11 Å². The molecule has 0 aliphatic heterocycles. The normalized spacial score (nSPS) is 10.2. The largest absolute Gasteiger partial charge is 0.497 e. The van der Waals surface area contributed by atoms with E-state index in [9.17, 15) is 4.79 Å². The summed E-state index contributed by atoms with van der Waals surface area (Å²) >= 11 is 3.50. The zero-order valence-electron chi connectivity index (χ0n) is 11.6. The molecule has 21 heavy (non-hydrogen) atoms. The van der Waals surface area contributed by atoms with E-state index in [0.29, 0.717) is 6.54 Å². The molecular formula is C16H16BrNO3. The second kappa shape index (κ2) is 7.13. The van der Waals surface area contributed by atoms with Crippen molar-refractivity contribution in [1.29, 1.82) is 0 Å². The maximum atomic E-state index is 11.1. The third-order valence-corrected chi connectivity index (χ3v) is 3.84. The number of para-hydroxylation sites is 1. The number of aliphatic carboxylic acids is 1. The summed E-state index contributed by atoms with van der Waals surface area (Å²) in [6.07, 6.45) is 0. The Morgan fingerprint density at radius 2 is 1.95 bits per heavy atom. The van der Waals surface area contributed by atoms with Gasteiger partial charge in [0.25, 0.3) is 0 Å². The molecule has 1 N–H and O–H groups in total. The van der Waals surface area contributed by atoms with Gasteiger partial charge in [-0.2, -0.15) is 0 Å². The summed E-state index contributed by atoms with van der Waals surface area (Å²) < 4.78 is 6.15. The highest BCUT2D eigenvalue weighted by molar-refractivity contribution is 9.10. The summed E-state index contributed by atoms with van der Waals surface area (Å²) in [5.41, 5.74) is 1.84. The molecule has 0 amide bonds. The number of hydrogen-bond acceptors (Lipinski definition) is 3. The van der Waals surface area contributed by atoms with Gasteiger partial charge in [0.05, 0.1) is 7.11 Å². The van der Waals surface area contributed by atoms with Crippen molar-refractivity contribution in [3.63, 3.8) is 0 Å².